The molecule has 10 heavy (non-hydrogen) atoms. The molecule has 1 nitrogen and oxygen atoms in total. The van der Waals surface area contributed by atoms with E-state index < -0.39 is 0 Å². The summed E-state index contributed by atoms with van der Waals surface area (Å²) in [6.07, 6.45) is 6.54. The van der Waals surface area contributed by atoms with Gasteiger partial charge in [0.1, 0.15) is 0 Å². The van der Waals surface area contributed by atoms with Crippen molar-refractivity contribution in [3.05, 3.63) is 12.3 Å². The molecule has 0 amide bonds. The van der Waals surface area contributed by atoms with E-state index in [0.29, 0.717) is 0 Å². The van der Waals surface area contributed by atoms with E-state index in [1.807, 2.05) is 6.26 Å². The zero-order chi connectivity index (χ0) is 7.40. The van der Waals surface area contributed by atoms with Crippen molar-refractivity contribution in [3.63, 3.8) is 0 Å². The molecule has 0 radical (unpaired) electrons. The predicted molar refractivity (Wildman–Crippen MR) is 42.7 cm³/mol. The van der Waals surface area contributed by atoms with Crippen LogP contribution in [-0.2, 0) is 4.74 Å². The van der Waals surface area contributed by atoms with Crippen molar-refractivity contribution in [2.24, 2.45) is 11.8 Å². The molecule has 0 bridgehead atoms. The van der Waals surface area contributed by atoms with Gasteiger partial charge in [-0.1, -0.05) is 13.8 Å². The maximum Gasteiger partial charge on any atom is 0.0878 e. The lowest BCUT2D eigenvalue weighted by molar-refractivity contribution is 0.200. The van der Waals surface area contributed by atoms with Crippen LogP contribution < -0.4 is 0 Å². The zero-order valence-corrected chi connectivity index (χ0v) is 6.84. The van der Waals surface area contributed by atoms with Crippen LogP contribution in [0.1, 0.15) is 26.7 Å². The van der Waals surface area contributed by atoms with Gasteiger partial charge in [0.25, 0.3) is 0 Å². The topological polar surface area (TPSA) is 9.23 Å². The molecule has 1 heterocycles. The third kappa shape index (κ3) is 2.42. The fraction of sp³-hybridized carbons (Fsp3) is 0.778. The molecular weight excluding hydrogens is 124 g/mol. The highest BCUT2D eigenvalue weighted by Gasteiger charge is 2.09. The molecule has 1 atom stereocenters. The highest BCUT2D eigenvalue weighted by Crippen LogP contribution is 2.19. The summed E-state index contributed by atoms with van der Waals surface area (Å²) >= 11 is 0. The minimum Gasteiger partial charge on any atom is -0.501 e. The Balaban J connectivity index is 2.26. The van der Waals surface area contributed by atoms with Crippen molar-refractivity contribution in [2.75, 3.05) is 6.61 Å². The normalized spacial score (nSPS) is 24.9. The molecule has 0 aliphatic carbocycles. The van der Waals surface area contributed by atoms with Gasteiger partial charge in [-0.25, -0.2) is 0 Å². The number of allylic oxidation sites excluding steroid dienone is 1. The lowest BCUT2D eigenvalue weighted by Gasteiger charge is -2.18. The summed E-state index contributed by atoms with van der Waals surface area (Å²) in [6.45, 7) is 5.44. The molecule has 0 spiro atoms. The molecule has 0 saturated heterocycles. The lowest BCUT2D eigenvalue weighted by atomic mass is 9.94. The maximum absolute atomic E-state index is 5.10. The van der Waals surface area contributed by atoms with Gasteiger partial charge in [-0.2, -0.15) is 0 Å². The Morgan fingerprint density at radius 2 is 2.40 bits per heavy atom. The highest BCUT2D eigenvalue weighted by molar-refractivity contribution is 4.86. The summed E-state index contributed by atoms with van der Waals surface area (Å²) in [6, 6.07) is 0. The first-order chi connectivity index (χ1) is 4.79. The molecule has 0 fully saturated rings. The number of ether oxygens (including phenoxy) is 1. The largest absolute Gasteiger partial charge is 0.501 e. The van der Waals surface area contributed by atoms with Gasteiger partial charge in [0.15, 0.2) is 0 Å². The molecule has 1 heteroatoms. The summed E-state index contributed by atoms with van der Waals surface area (Å²) in [5, 5.41) is 0. The third-order valence-electron chi connectivity index (χ3n) is 1.83. The smallest absolute Gasteiger partial charge is 0.0878 e. The van der Waals surface area contributed by atoms with Crippen LogP contribution >= 0.6 is 0 Å². The van der Waals surface area contributed by atoms with Crippen molar-refractivity contribution in [3.8, 4) is 0 Å². The molecule has 0 saturated carbocycles. The van der Waals surface area contributed by atoms with E-state index in [1.165, 1.54) is 12.8 Å². The molecule has 58 valence electrons. The zero-order valence-electron chi connectivity index (χ0n) is 6.84. The van der Waals surface area contributed by atoms with Crippen molar-refractivity contribution >= 4 is 0 Å². The predicted octanol–water partition coefficient (Wildman–Crippen LogP) is 2.58. The van der Waals surface area contributed by atoms with Crippen LogP contribution in [0.15, 0.2) is 12.3 Å². The van der Waals surface area contributed by atoms with Gasteiger partial charge in [-0.05, 0) is 30.8 Å². The first-order valence-corrected chi connectivity index (χ1v) is 4.07. The Bertz CT molecular complexity index is 116. The Morgan fingerprint density at radius 1 is 1.60 bits per heavy atom. The molecular formula is C9H16O. The van der Waals surface area contributed by atoms with Crippen LogP contribution in [0.3, 0.4) is 0 Å². The molecule has 0 aromatic carbocycles. The maximum atomic E-state index is 5.10. The van der Waals surface area contributed by atoms with Gasteiger partial charge in [-0.3, -0.25) is 0 Å². The minimum atomic E-state index is 0.772. The number of hydrogen-bond acceptors (Lipinski definition) is 1. The number of hydrogen-bond donors (Lipinski definition) is 0. The fourth-order valence-electron chi connectivity index (χ4n) is 1.35. The SMILES string of the molecule is CC(C)CC1C=COCC1. The molecule has 0 aromatic heterocycles. The van der Waals surface area contributed by atoms with Crippen molar-refractivity contribution < 1.29 is 4.74 Å². The molecule has 1 aliphatic rings. The van der Waals surface area contributed by atoms with Gasteiger partial charge in [0.2, 0.25) is 0 Å². The van der Waals surface area contributed by atoms with E-state index in [0.717, 1.165) is 18.4 Å². The van der Waals surface area contributed by atoms with Gasteiger partial charge in [-0.15, -0.1) is 0 Å². The van der Waals surface area contributed by atoms with Crippen molar-refractivity contribution in [1.29, 1.82) is 0 Å². The Kier molecular flexibility index (Phi) is 2.79. The second kappa shape index (κ2) is 3.65. The van der Waals surface area contributed by atoms with Crippen LogP contribution in [0.25, 0.3) is 0 Å². The van der Waals surface area contributed by atoms with E-state index >= 15 is 0 Å². The summed E-state index contributed by atoms with van der Waals surface area (Å²) < 4.78 is 5.10. The quantitative estimate of drug-likeness (QED) is 0.573. The van der Waals surface area contributed by atoms with E-state index in [4.69, 9.17) is 4.74 Å². The minimum absolute atomic E-state index is 0.772. The van der Waals surface area contributed by atoms with E-state index in [1.54, 1.807) is 0 Å². The Hall–Kier alpha value is -0.460. The van der Waals surface area contributed by atoms with Crippen LogP contribution in [-0.4, -0.2) is 6.61 Å². The van der Waals surface area contributed by atoms with Crippen LogP contribution in [0.4, 0.5) is 0 Å². The fourth-order valence-corrected chi connectivity index (χ4v) is 1.35. The Morgan fingerprint density at radius 3 is 2.90 bits per heavy atom. The first kappa shape index (κ1) is 7.64. The molecule has 1 aliphatic heterocycles. The second-order valence-corrected chi connectivity index (χ2v) is 3.38. The number of rotatable bonds is 2. The molecule has 0 aromatic rings. The van der Waals surface area contributed by atoms with Crippen molar-refractivity contribution in [2.45, 2.75) is 26.7 Å². The first-order valence-electron chi connectivity index (χ1n) is 4.07. The summed E-state index contributed by atoms with van der Waals surface area (Å²) in [4.78, 5) is 0. The van der Waals surface area contributed by atoms with E-state index in [-0.39, 0.29) is 0 Å². The standard InChI is InChI=1S/C9H16O/c1-8(2)7-9-3-5-10-6-4-9/h3,5,8-9H,4,6-7H2,1-2H3. The monoisotopic (exact) mass is 140 g/mol. The van der Waals surface area contributed by atoms with Gasteiger partial charge in [0.05, 0.1) is 12.9 Å². The third-order valence-corrected chi connectivity index (χ3v) is 1.83. The van der Waals surface area contributed by atoms with E-state index in [2.05, 4.69) is 19.9 Å². The van der Waals surface area contributed by atoms with Crippen molar-refractivity contribution in [1.82, 2.24) is 0 Å². The molecule has 1 unspecified atom stereocenters. The highest BCUT2D eigenvalue weighted by atomic mass is 16.5. The lowest BCUT2D eigenvalue weighted by Crippen LogP contribution is -2.08. The van der Waals surface area contributed by atoms with E-state index in [9.17, 15) is 0 Å². The molecule has 0 N–H and O–H groups in total. The van der Waals surface area contributed by atoms with Crippen LogP contribution in [0, 0.1) is 11.8 Å². The summed E-state index contributed by atoms with van der Waals surface area (Å²) in [7, 11) is 0. The summed E-state index contributed by atoms with van der Waals surface area (Å²) in [5.74, 6) is 1.58. The van der Waals surface area contributed by atoms with Crippen LogP contribution in [0.2, 0.25) is 0 Å². The van der Waals surface area contributed by atoms with Gasteiger partial charge < -0.3 is 4.74 Å². The van der Waals surface area contributed by atoms with Crippen LogP contribution in [0.5, 0.6) is 0 Å². The summed E-state index contributed by atoms with van der Waals surface area (Å²) in [5.41, 5.74) is 0. The van der Waals surface area contributed by atoms with Gasteiger partial charge in [0, 0.05) is 0 Å². The Labute approximate surface area is 63.1 Å². The average Bonchev–Trinajstić information content (AvgIpc) is 1.88. The van der Waals surface area contributed by atoms with Gasteiger partial charge >= 0.3 is 0 Å². The molecule has 1 rings (SSSR count). The second-order valence-electron chi connectivity index (χ2n) is 3.38. The average molecular weight is 140 g/mol.